The quantitative estimate of drug-likeness (QED) is 0.663. The van der Waals surface area contributed by atoms with Crippen molar-refractivity contribution in [2.75, 3.05) is 13.1 Å². The molecule has 3 nitrogen and oxygen atoms in total. The summed E-state index contributed by atoms with van der Waals surface area (Å²) in [4.78, 5) is 11.6. The molecule has 2 N–H and O–H groups in total. The molecule has 0 saturated carbocycles. The van der Waals surface area contributed by atoms with Crippen LogP contribution in [0, 0.1) is 5.41 Å². The van der Waals surface area contributed by atoms with Crippen LogP contribution in [0.15, 0.2) is 0 Å². The molecule has 0 saturated heterocycles. The summed E-state index contributed by atoms with van der Waals surface area (Å²) in [7, 11) is 0. The minimum atomic E-state index is -0.0962. The summed E-state index contributed by atoms with van der Waals surface area (Å²) >= 11 is 0. The molecule has 1 atom stereocenters. The predicted octanol–water partition coefficient (Wildman–Crippen LogP) is 1.93. The summed E-state index contributed by atoms with van der Waals surface area (Å²) in [6, 6.07) is -0.0962. The summed E-state index contributed by atoms with van der Waals surface area (Å²) in [5, 5.41) is 6.16. The third kappa shape index (κ3) is 8.43. The fourth-order valence-electron chi connectivity index (χ4n) is 1.09. The second-order valence-electron chi connectivity index (χ2n) is 5.31. The lowest BCUT2D eigenvalue weighted by Gasteiger charge is -2.22. The Balaban J connectivity index is 3.70. The highest BCUT2D eigenvalue weighted by molar-refractivity contribution is 5.81. The zero-order valence-electron chi connectivity index (χ0n) is 10.8. The molecule has 1 amide bonds. The Morgan fingerprint density at radius 3 is 2.40 bits per heavy atom. The molecule has 0 radical (unpaired) electrons. The first kappa shape index (κ1) is 14.4. The van der Waals surface area contributed by atoms with Gasteiger partial charge in [-0.3, -0.25) is 4.79 Å². The Morgan fingerprint density at radius 1 is 1.33 bits per heavy atom. The number of unbranched alkanes of at least 4 members (excludes halogenated alkanes) is 1. The average Bonchev–Trinajstić information content (AvgIpc) is 2.13. The van der Waals surface area contributed by atoms with Gasteiger partial charge in [0.2, 0.25) is 5.91 Å². The minimum absolute atomic E-state index is 0.0962. The molecule has 0 aliphatic heterocycles. The summed E-state index contributed by atoms with van der Waals surface area (Å²) in [6.07, 6.45) is 2.17. The Hall–Kier alpha value is -0.570. The van der Waals surface area contributed by atoms with Gasteiger partial charge in [-0.2, -0.15) is 0 Å². The molecule has 0 heterocycles. The van der Waals surface area contributed by atoms with Gasteiger partial charge < -0.3 is 10.6 Å². The van der Waals surface area contributed by atoms with E-state index in [1.807, 2.05) is 6.92 Å². The Labute approximate surface area is 94.0 Å². The monoisotopic (exact) mass is 214 g/mol. The summed E-state index contributed by atoms with van der Waals surface area (Å²) < 4.78 is 0. The first-order valence-electron chi connectivity index (χ1n) is 5.88. The molecule has 0 aliphatic rings. The fourth-order valence-corrected chi connectivity index (χ4v) is 1.09. The molecule has 0 aromatic rings. The molecule has 0 fully saturated rings. The van der Waals surface area contributed by atoms with E-state index in [9.17, 15) is 4.79 Å². The van der Waals surface area contributed by atoms with Gasteiger partial charge in [0.25, 0.3) is 0 Å². The largest absolute Gasteiger partial charge is 0.355 e. The summed E-state index contributed by atoms with van der Waals surface area (Å²) in [5.74, 6) is 0.104. The summed E-state index contributed by atoms with van der Waals surface area (Å²) in [6.45, 7) is 12.1. The second kappa shape index (κ2) is 6.83. The Kier molecular flexibility index (Phi) is 6.57. The third-order valence-corrected chi connectivity index (χ3v) is 2.16. The van der Waals surface area contributed by atoms with Crippen molar-refractivity contribution in [2.45, 2.75) is 53.5 Å². The Bertz CT molecular complexity index is 185. The van der Waals surface area contributed by atoms with Crippen molar-refractivity contribution >= 4 is 5.91 Å². The highest BCUT2D eigenvalue weighted by Gasteiger charge is 2.15. The number of hydrogen-bond donors (Lipinski definition) is 2. The van der Waals surface area contributed by atoms with Crippen LogP contribution in [0.5, 0.6) is 0 Å². The smallest absolute Gasteiger partial charge is 0.236 e. The van der Waals surface area contributed by atoms with Crippen molar-refractivity contribution in [1.82, 2.24) is 10.6 Å². The van der Waals surface area contributed by atoms with E-state index in [0.717, 1.165) is 25.9 Å². The van der Waals surface area contributed by atoms with Crippen molar-refractivity contribution < 1.29 is 4.79 Å². The summed E-state index contributed by atoms with van der Waals surface area (Å²) in [5.41, 5.74) is 0.220. The topological polar surface area (TPSA) is 41.1 Å². The molecule has 0 aliphatic carbocycles. The van der Waals surface area contributed by atoms with E-state index in [-0.39, 0.29) is 17.4 Å². The molecule has 90 valence electrons. The van der Waals surface area contributed by atoms with Gasteiger partial charge >= 0.3 is 0 Å². The molecule has 1 unspecified atom stereocenters. The zero-order chi connectivity index (χ0) is 11.9. The van der Waals surface area contributed by atoms with E-state index in [1.165, 1.54) is 0 Å². The number of amides is 1. The fraction of sp³-hybridized carbons (Fsp3) is 0.917. The molecule has 0 rings (SSSR count). The zero-order valence-corrected chi connectivity index (χ0v) is 10.8. The predicted molar refractivity (Wildman–Crippen MR) is 64.8 cm³/mol. The van der Waals surface area contributed by atoms with E-state index in [2.05, 4.69) is 38.3 Å². The third-order valence-electron chi connectivity index (χ3n) is 2.16. The molecule has 3 heteroatoms. The maximum absolute atomic E-state index is 11.6. The van der Waals surface area contributed by atoms with E-state index in [4.69, 9.17) is 0 Å². The van der Waals surface area contributed by atoms with Gasteiger partial charge in [0.1, 0.15) is 0 Å². The lowest BCUT2D eigenvalue weighted by molar-refractivity contribution is -0.122. The molecule has 0 bridgehead atoms. The molecule has 0 spiro atoms. The van der Waals surface area contributed by atoms with Crippen LogP contribution in [0.1, 0.15) is 47.5 Å². The van der Waals surface area contributed by atoms with Gasteiger partial charge in [-0.15, -0.1) is 0 Å². The number of carbonyl (C=O) groups is 1. The first-order chi connectivity index (χ1) is 6.87. The van der Waals surface area contributed by atoms with E-state index in [0.29, 0.717) is 0 Å². The molecule has 15 heavy (non-hydrogen) atoms. The second-order valence-corrected chi connectivity index (χ2v) is 5.31. The van der Waals surface area contributed by atoms with Crippen molar-refractivity contribution in [1.29, 1.82) is 0 Å². The van der Waals surface area contributed by atoms with E-state index < -0.39 is 0 Å². The number of nitrogens with one attached hydrogen (secondary N) is 2. The van der Waals surface area contributed by atoms with Gasteiger partial charge in [0, 0.05) is 13.1 Å². The van der Waals surface area contributed by atoms with Crippen LogP contribution >= 0.6 is 0 Å². The molecular weight excluding hydrogens is 188 g/mol. The van der Waals surface area contributed by atoms with Crippen LogP contribution in [0.3, 0.4) is 0 Å². The minimum Gasteiger partial charge on any atom is -0.355 e. The number of rotatable bonds is 6. The Morgan fingerprint density at radius 2 is 1.93 bits per heavy atom. The van der Waals surface area contributed by atoms with Crippen molar-refractivity contribution in [3.05, 3.63) is 0 Å². The van der Waals surface area contributed by atoms with Crippen LogP contribution in [-0.4, -0.2) is 25.0 Å². The lowest BCUT2D eigenvalue weighted by atomic mass is 9.96. The van der Waals surface area contributed by atoms with Gasteiger partial charge in [-0.05, 0) is 18.8 Å². The lowest BCUT2D eigenvalue weighted by Crippen LogP contribution is -2.45. The van der Waals surface area contributed by atoms with Crippen molar-refractivity contribution in [3.8, 4) is 0 Å². The molecule has 0 aromatic heterocycles. The highest BCUT2D eigenvalue weighted by Crippen LogP contribution is 2.10. The van der Waals surface area contributed by atoms with Gasteiger partial charge in [-0.25, -0.2) is 0 Å². The maximum atomic E-state index is 11.6. The van der Waals surface area contributed by atoms with Gasteiger partial charge in [-0.1, -0.05) is 34.1 Å². The van der Waals surface area contributed by atoms with Crippen LogP contribution in [0.2, 0.25) is 0 Å². The first-order valence-corrected chi connectivity index (χ1v) is 5.88. The molecule has 0 aromatic carbocycles. The molecular formula is C12H26N2O. The maximum Gasteiger partial charge on any atom is 0.236 e. The number of carbonyl (C=O) groups excluding carboxylic acids is 1. The number of hydrogen-bond acceptors (Lipinski definition) is 2. The van der Waals surface area contributed by atoms with Crippen LogP contribution in [0.25, 0.3) is 0 Å². The van der Waals surface area contributed by atoms with Crippen LogP contribution in [-0.2, 0) is 4.79 Å². The van der Waals surface area contributed by atoms with Gasteiger partial charge in [0.15, 0.2) is 0 Å². The SMILES string of the molecule is CCCCNC(=O)C(C)NCC(C)(C)C. The highest BCUT2D eigenvalue weighted by atomic mass is 16.2. The van der Waals surface area contributed by atoms with Gasteiger partial charge in [0.05, 0.1) is 6.04 Å². The van der Waals surface area contributed by atoms with Crippen LogP contribution < -0.4 is 10.6 Å². The average molecular weight is 214 g/mol. The van der Waals surface area contributed by atoms with Crippen molar-refractivity contribution in [2.24, 2.45) is 5.41 Å². The van der Waals surface area contributed by atoms with E-state index in [1.54, 1.807) is 0 Å². The van der Waals surface area contributed by atoms with Crippen molar-refractivity contribution in [3.63, 3.8) is 0 Å². The normalized spacial score (nSPS) is 13.7. The van der Waals surface area contributed by atoms with Crippen LogP contribution in [0.4, 0.5) is 0 Å². The van der Waals surface area contributed by atoms with E-state index >= 15 is 0 Å². The standard InChI is InChI=1S/C12H26N2O/c1-6-7-8-13-11(15)10(2)14-9-12(3,4)5/h10,14H,6-9H2,1-5H3,(H,13,15).